The number of anilines is 1. The summed E-state index contributed by atoms with van der Waals surface area (Å²) in [6.45, 7) is 4.40. The fourth-order valence-electron chi connectivity index (χ4n) is 1.85. The van der Waals surface area contributed by atoms with Crippen LogP contribution in [0.4, 0.5) is 5.13 Å². The Labute approximate surface area is 116 Å². The van der Waals surface area contributed by atoms with Crippen LogP contribution in [0.5, 0.6) is 5.88 Å². The highest BCUT2D eigenvalue weighted by molar-refractivity contribution is 7.13. The maximum absolute atomic E-state index is 11.2. The highest BCUT2D eigenvalue weighted by Gasteiger charge is 2.25. The lowest BCUT2D eigenvalue weighted by Gasteiger charge is -2.34. The molecule has 0 amide bonds. The van der Waals surface area contributed by atoms with Crippen LogP contribution in [0.25, 0.3) is 0 Å². The number of aromatic nitrogens is 1. The van der Waals surface area contributed by atoms with Crippen LogP contribution in [0.15, 0.2) is 5.38 Å². The van der Waals surface area contributed by atoms with E-state index >= 15 is 0 Å². The molecule has 0 N–H and O–H groups in total. The zero-order valence-electron chi connectivity index (χ0n) is 11.1. The first-order chi connectivity index (χ1) is 9.24. The Balaban J connectivity index is 2.05. The lowest BCUT2D eigenvalue weighted by atomic mass is 10.2. The number of rotatable bonds is 5. The summed E-state index contributed by atoms with van der Waals surface area (Å²) in [6.07, 6.45) is 0.344. The van der Waals surface area contributed by atoms with Crippen LogP contribution in [0.3, 0.4) is 0 Å². The Morgan fingerprint density at radius 1 is 1.68 bits per heavy atom. The minimum atomic E-state index is -0.271. The van der Waals surface area contributed by atoms with E-state index in [1.165, 1.54) is 11.3 Å². The number of hydrogen-bond donors (Lipinski definition) is 0. The molecule has 0 aliphatic carbocycles. The van der Waals surface area contributed by atoms with Crippen molar-refractivity contribution in [2.75, 3.05) is 38.4 Å². The average molecular weight is 286 g/mol. The lowest BCUT2D eigenvalue weighted by molar-refractivity contribution is -0.134. The molecule has 2 rings (SSSR count). The van der Waals surface area contributed by atoms with Gasteiger partial charge in [-0.3, -0.25) is 4.79 Å². The van der Waals surface area contributed by atoms with Gasteiger partial charge in [0.1, 0.15) is 0 Å². The van der Waals surface area contributed by atoms with Crippen LogP contribution in [-0.2, 0) is 14.3 Å². The van der Waals surface area contributed by atoms with E-state index in [9.17, 15) is 4.79 Å². The van der Waals surface area contributed by atoms with Crippen molar-refractivity contribution in [2.45, 2.75) is 19.4 Å². The highest BCUT2D eigenvalue weighted by atomic mass is 32.1. The average Bonchev–Trinajstić information content (AvgIpc) is 2.88. The second kappa shape index (κ2) is 6.83. The molecule has 1 saturated heterocycles. The molecule has 0 radical (unpaired) electrons. The number of esters is 1. The molecule has 7 heteroatoms. The standard InChI is InChI=1S/C12H18N2O4S/c1-3-11(15)18-10-8-19-12(13-10)14-4-5-17-7-9(14)6-16-2/h8-9H,3-7H2,1-2H3/t9-/m0/s1. The third-order valence-corrected chi connectivity index (χ3v) is 3.67. The lowest BCUT2D eigenvalue weighted by Crippen LogP contribution is -2.48. The number of thiazole rings is 1. The van der Waals surface area contributed by atoms with Crippen molar-refractivity contribution in [3.05, 3.63) is 5.38 Å². The zero-order chi connectivity index (χ0) is 13.7. The molecule has 6 nitrogen and oxygen atoms in total. The van der Waals surface area contributed by atoms with E-state index in [1.807, 2.05) is 0 Å². The van der Waals surface area contributed by atoms with Gasteiger partial charge in [-0.1, -0.05) is 6.92 Å². The first-order valence-corrected chi connectivity index (χ1v) is 7.12. The van der Waals surface area contributed by atoms with Crippen LogP contribution in [0.2, 0.25) is 0 Å². The summed E-state index contributed by atoms with van der Waals surface area (Å²) in [6, 6.07) is 0.152. The first kappa shape index (κ1) is 14.2. The van der Waals surface area contributed by atoms with Crippen molar-refractivity contribution < 1.29 is 19.0 Å². The summed E-state index contributed by atoms with van der Waals surface area (Å²) in [4.78, 5) is 17.7. The van der Waals surface area contributed by atoms with Crippen molar-refractivity contribution in [2.24, 2.45) is 0 Å². The molecule has 1 aliphatic rings. The largest absolute Gasteiger partial charge is 0.406 e. The van der Waals surface area contributed by atoms with E-state index in [-0.39, 0.29) is 12.0 Å². The normalized spacial score (nSPS) is 19.5. The van der Waals surface area contributed by atoms with Gasteiger partial charge in [0.15, 0.2) is 5.13 Å². The fraction of sp³-hybridized carbons (Fsp3) is 0.667. The molecule has 0 bridgehead atoms. The smallest absolute Gasteiger partial charge is 0.312 e. The molecule has 0 saturated carbocycles. The maximum atomic E-state index is 11.2. The van der Waals surface area contributed by atoms with Crippen LogP contribution < -0.4 is 9.64 Å². The molecule has 0 unspecified atom stereocenters. The molecule has 0 aromatic carbocycles. The van der Waals surface area contributed by atoms with E-state index in [1.54, 1.807) is 19.4 Å². The monoisotopic (exact) mass is 286 g/mol. The molecule has 1 aliphatic heterocycles. The topological polar surface area (TPSA) is 60.9 Å². The van der Waals surface area contributed by atoms with E-state index in [0.29, 0.717) is 32.1 Å². The Kier molecular flexibility index (Phi) is 5.12. The SMILES string of the molecule is CCC(=O)Oc1csc(N2CCOC[C@@H]2COC)n1. The molecule has 1 fully saturated rings. The third kappa shape index (κ3) is 3.65. The number of morpholine rings is 1. The van der Waals surface area contributed by atoms with Gasteiger partial charge in [0.25, 0.3) is 0 Å². The molecule has 19 heavy (non-hydrogen) atoms. The zero-order valence-corrected chi connectivity index (χ0v) is 11.9. The molecule has 106 valence electrons. The van der Waals surface area contributed by atoms with Crippen molar-refractivity contribution in [3.8, 4) is 5.88 Å². The minimum absolute atomic E-state index is 0.152. The Morgan fingerprint density at radius 3 is 3.26 bits per heavy atom. The van der Waals surface area contributed by atoms with E-state index in [0.717, 1.165) is 11.7 Å². The Hall–Kier alpha value is -1.18. The van der Waals surface area contributed by atoms with Crippen molar-refractivity contribution >= 4 is 22.4 Å². The molecule has 1 aromatic rings. The van der Waals surface area contributed by atoms with Gasteiger partial charge in [-0.2, -0.15) is 4.98 Å². The minimum Gasteiger partial charge on any atom is -0.406 e. The van der Waals surface area contributed by atoms with Crippen LogP contribution >= 0.6 is 11.3 Å². The van der Waals surface area contributed by atoms with Crippen molar-refractivity contribution in [3.63, 3.8) is 0 Å². The second-order valence-electron chi connectivity index (χ2n) is 4.17. The number of hydrogen-bond acceptors (Lipinski definition) is 7. The predicted octanol–water partition coefficient (Wildman–Crippen LogP) is 1.31. The van der Waals surface area contributed by atoms with Crippen LogP contribution in [0.1, 0.15) is 13.3 Å². The predicted molar refractivity (Wildman–Crippen MR) is 71.9 cm³/mol. The molecule has 1 atom stereocenters. The second-order valence-corrected chi connectivity index (χ2v) is 5.01. The Morgan fingerprint density at radius 2 is 2.53 bits per heavy atom. The fourth-order valence-corrected chi connectivity index (χ4v) is 2.68. The quantitative estimate of drug-likeness (QED) is 0.761. The Bertz CT molecular complexity index is 422. The number of nitrogens with zero attached hydrogens (tertiary/aromatic N) is 2. The number of ether oxygens (including phenoxy) is 3. The molecule has 2 heterocycles. The van der Waals surface area contributed by atoms with Crippen LogP contribution in [-0.4, -0.2) is 50.5 Å². The van der Waals surface area contributed by atoms with Crippen molar-refractivity contribution in [1.29, 1.82) is 0 Å². The molecule has 0 spiro atoms. The van der Waals surface area contributed by atoms with Gasteiger partial charge in [-0.25, -0.2) is 0 Å². The third-order valence-electron chi connectivity index (χ3n) is 2.81. The summed E-state index contributed by atoms with van der Waals surface area (Å²) in [5.41, 5.74) is 0. The van der Waals surface area contributed by atoms with Gasteiger partial charge < -0.3 is 19.1 Å². The summed E-state index contributed by atoms with van der Waals surface area (Å²) < 4.78 is 15.7. The van der Waals surface area contributed by atoms with E-state index in [2.05, 4.69) is 9.88 Å². The van der Waals surface area contributed by atoms with Gasteiger partial charge in [-0.15, -0.1) is 11.3 Å². The summed E-state index contributed by atoms with van der Waals surface area (Å²) in [5.74, 6) is 0.0989. The molecule has 1 aromatic heterocycles. The van der Waals surface area contributed by atoms with Gasteiger partial charge in [-0.05, 0) is 0 Å². The number of carbonyl (C=O) groups excluding carboxylic acids is 1. The highest BCUT2D eigenvalue weighted by Crippen LogP contribution is 2.27. The number of methoxy groups -OCH3 is 1. The summed E-state index contributed by atoms with van der Waals surface area (Å²) >= 11 is 1.46. The summed E-state index contributed by atoms with van der Waals surface area (Å²) in [7, 11) is 1.67. The maximum Gasteiger partial charge on any atom is 0.312 e. The molecular weight excluding hydrogens is 268 g/mol. The van der Waals surface area contributed by atoms with Gasteiger partial charge >= 0.3 is 5.97 Å². The van der Waals surface area contributed by atoms with Gasteiger partial charge in [0, 0.05) is 20.1 Å². The van der Waals surface area contributed by atoms with Crippen molar-refractivity contribution in [1.82, 2.24) is 4.98 Å². The van der Waals surface area contributed by atoms with Gasteiger partial charge in [0.2, 0.25) is 5.88 Å². The van der Waals surface area contributed by atoms with Gasteiger partial charge in [0.05, 0.1) is 31.2 Å². The van der Waals surface area contributed by atoms with Crippen LogP contribution in [0, 0.1) is 0 Å². The molecular formula is C12H18N2O4S. The van der Waals surface area contributed by atoms with E-state index < -0.39 is 0 Å². The number of carbonyl (C=O) groups is 1. The van der Waals surface area contributed by atoms with E-state index in [4.69, 9.17) is 14.2 Å². The first-order valence-electron chi connectivity index (χ1n) is 6.24. The summed E-state index contributed by atoms with van der Waals surface area (Å²) in [5, 5.41) is 2.59.